The standard InChI is InChI=1S/C17H14O5/c1-22-16-10-12(6-8-15(16)19)14(18)7-5-11-3-2-4-13(9-11)17(20)21/h2-10,19H,1H3,(H,20,21). The summed E-state index contributed by atoms with van der Waals surface area (Å²) in [5, 5.41) is 18.4. The number of hydrogen-bond acceptors (Lipinski definition) is 4. The van der Waals surface area contributed by atoms with Gasteiger partial charge in [0.25, 0.3) is 0 Å². The Morgan fingerprint density at radius 2 is 1.86 bits per heavy atom. The van der Waals surface area contributed by atoms with Crippen LogP contribution in [0.4, 0.5) is 0 Å². The molecule has 0 bridgehead atoms. The number of carbonyl (C=O) groups is 2. The second-order valence-electron chi connectivity index (χ2n) is 4.51. The lowest BCUT2D eigenvalue weighted by molar-refractivity contribution is 0.0696. The van der Waals surface area contributed by atoms with Gasteiger partial charge in [0.2, 0.25) is 0 Å². The van der Waals surface area contributed by atoms with Gasteiger partial charge in [-0.25, -0.2) is 4.79 Å². The topological polar surface area (TPSA) is 83.8 Å². The van der Waals surface area contributed by atoms with E-state index < -0.39 is 5.97 Å². The van der Waals surface area contributed by atoms with Crippen LogP contribution >= 0.6 is 0 Å². The molecule has 0 saturated heterocycles. The molecule has 5 nitrogen and oxygen atoms in total. The lowest BCUT2D eigenvalue weighted by Crippen LogP contribution is -1.97. The molecule has 2 rings (SSSR count). The number of ketones is 1. The number of methoxy groups -OCH3 is 1. The predicted molar refractivity (Wildman–Crippen MR) is 81.4 cm³/mol. The van der Waals surface area contributed by atoms with Gasteiger partial charge in [0, 0.05) is 5.56 Å². The minimum atomic E-state index is -1.02. The van der Waals surface area contributed by atoms with E-state index in [9.17, 15) is 14.7 Å². The fourth-order valence-corrected chi connectivity index (χ4v) is 1.87. The summed E-state index contributed by atoms with van der Waals surface area (Å²) >= 11 is 0. The fraction of sp³-hybridized carbons (Fsp3) is 0.0588. The van der Waals surface area contributed by atoms with Gasteiger partial charge in [-0.1, -0.05) is 18.2 Å². The zero-order chi connectivity index (χ0) is 16.1. The lowest BCUT2D eigenvalue weighted by Gasteiger charge is -2.04. The fourth-order valence-electron chi connectivity index (χ4n) is 1.87. The summed E-state index contributed by atoms with van der Waals surface area (Å²) in [7, 11) is 1.40. The van der Waals surface area contributed by atoms with Crippen molar-refractivity contribution < 1.29 is 24.5 Å². The first-order valence-corrected chi connectivity index (χ1v) is 6.44. The summed E-state index contributed by atoms with van der Waals surface area (Å²) in [4.78, 5) is 23.0. The Labute approximate surface area is 127 Å². The van der Waals surface area contributed by atoms with Crippen LogP contribution in [-0.2, 0) is 0 Å². The van der Waals surface area contributed by atoms with Crippen LogP contribution in [0.3, 0.4) is 0 Å². The number of rotatable bonds is 5. The molecule has 0 aliphatic heterocycles. The smallest absolute Gasteiger partial charge is 0.335 e. The number of carboxylic acid groups (broad SMARTS) is 1. The summed E-state index contributed by atoms with van der Waals surface area (Å²) < 4.78 is 4.95. The molecule has 0 spiro atoms. The average molecular weight is 298 g/mol. The van der Waals surface area contributed by atoms with Crippen molar-refractivity contribution in [2.24, 2.45) is 0 Å². The molecule has 0 radical (unpaired) electrons. The van der Waals surface area contributed by atoms with Crippen molar-refractivity contribution >= 4 is 17.8 Å². The third-order valence-corrected chi connectivity index (χ3v) is 3.02. The molecule has 0 aliphatic rings. The summed E-state index contributed by atoms with van der Waals surface area (Å²) in [6, 6.07) is 10.6. The van der Waals surface area contributed by atoms with Crippen molar-refractivity contribution in [2.75, 3.05) is 7.11 Å². The zero-order valence-electron chi connectivity index (χ0n) is 11.8. The molecular formula is C17H14O5. The SMILES string of the molecule is COc1cc(C(=O)C=Cc2cccc(C(=O)O)c2)ccc1O. The Morgan fingerprint density at radius 1 is 1.09 bits per heavy atom. The van der Waals surface area contributed by atoms with Crippen LogP contribution in [0.2, 0.25) is 0 Å². The van der Waals surface area contributed by atoms with Gasteiger partial charge in [0.1, 0.15) is 0 Å². The Hall–Kier alpha value is -3.08. The van der Waals surface area contributed by atoms with Crippen LogP contribution in [0.15, 0.2) is 48.5 Å². The highest BCUT2D eigenvalue weighted by molar-refractivity contribution is 6.07. The number of hydrogen-bond donors (Lipinski definition) is 2. The maximum absolute atomic E-state index is 12.1. The zero-order valence-corrected chi connectivity index (χ0v) is 11.8. The summed E-state index contributed by atoms with van der Waals surface area (Å²) in [6.45, 7) is 0. The van der Waals surface area contributed by atoms with Gasteiger partial charge in [0.15, 0.2) is 17.3 Å². The number of carbonyl (C=O) groups excluding carboxylic acids is 1. The van der Waals surface area contributed by atoms with E-state index in [1.54, 1.807) is 12.1 Å². The van der Waals surface area contributed by atoms with E-state index in [0.717, 1.165) is 0 Å². The molecule has 0 saturated carbocycles. The lowest BCUT2D eigenvalue weighted by atomic mass is 10.1. The summed E-state index contributed by atoms with van der Waals surface area (Å²) in [6.07, 6.45) is 2.88. The van der Waals surface area contributed by atoms with Crippen molar-refractivity contribution in [1.82, 2.24) is 0 Å². The van der Waals surface area contributed by atoms with E-state index in [4.69, 9.17) is 9.84 Å². The molecular weight excluding hydrogens is 284 g/mol. The molecule has 2 N–H and O–H groups in total. The Kier molecular flexibility index (Phi) is 4.58. The highest BCUT2D eigenvalue weighted by Crippen LogP contribution is 2.26. The second kappa shape index (κ2) is 6.58. The number of phenolic OH excluding ortho intramolecular Hbond substituents is 1. The molecule has 0 unspecified atom stereocenters. The van der Waals surface area contributed by atoms with E-state index in [2.05, 4.69) is 0 Å². The number of allylic oxidation sites excluding steroid dienone is 1. The van der Waals surface area contributed by atoms with Crippen molar-refractivity contribution in [3.63, 3.8) is 0 Å². The van der Waals surface area contributed by atoms with Crippen LogP contribution < -0.4 is 4.74 Å². The Morgan fingerprint density at radius 3 is 2.55 bits per heavy atom. The third-order valence-electron chi connectivity index (χ3n) is 3.02. The van der Waals surface area contributed by atoms with Crippen LogP contribution in [0.1, 0.15) is 26.3 Å². The number of aromatic carboxylic acids is 1. The Balaban J connectivity index is 2.21. The van der Waals surface area contributed by atoms with Crippen LogP contribution in [-0.4, -0.2) is 29.1 Å². The molecule has 2 aromatic rings. The van der Waals surface area contributed by atoms with Gasteiger partial charge in [-0.15, -0.1) is 0 Å². The molecule has 5 heteroatoms. The molecule has 0 aromatic heterocycles. The molecule has 0 fully saturated rings. The number of phenols is 1. The Bertz CT molecular complexity index is 746. The van der Waals surface area contributed by atoms with Crippen molar-refractivity contribution in [3.8, 4) is 11.5 Å². The van der Waals surface area contributed by atoms with E-state index >= 15 is 0 Å². The largest absolute Gasteiger partial charge is 0.504 e. The van der Waals surface area contributed by atoms with Crippen molar-refractivity contribution in [2.45, 2.75) is 0 Å². The number of aromatic hydroxyl groups is 1. The van der Waals surface area contributed by atoms with Crippen molar-refractivity contribution in [3.05, 3.63) is 65.2 Å². The molecule has 0 aliphatic carbocycles. The molecule has 0 amide bonds. The van der Waals surface area contributed by atoms with Gasteiger partial charge in [-0.2, -0.15) is 0 Å². The van der Waals surface area contributed by atoms with Crippen LogP contribution in [0.25, 0.3) is 6.08 Å². The first-order valence-electron chi connectivity index (χ1n) is 6.44. The van der Waals surface area contributed by atoms with Crippen LogP contribution in [0, 0.1) is 0 Å². The van der Waals surface area contributed by atoms with Gasteiger partial charge in [-0.3, -0.25) is 4.79 Å². The van der Waals surface area contributed by atoms with Gasteiger partial charge >= 0.3 is 5.97 Å². The molecule has 0 heterocycles. The monoisotopic (exact) mass is 298 g/mol. The van der Waals surface area contributed by atoms with Gasteiger partial charge < -0.3 is 14.9 Å². The molecule has 2 aromatic carbocycles. The minimum absolute atomic E-state index is 0.0443. The van der Waals surface area contributed by atoms with Crippen LogP contribution in [0.5, 0.6) is 11.5 Å². The maximum atomic E-state index is 12.1. The highest BCUT2D eigenvalue weighted by Gasteiger charge is 2.07. The van der Waals surface area contributed by atoms with Gasteiger partial charge in [0.05, 0.1) is 12.7 Å². The quantitative estimate of drug-likeness (QED) is 0.655. The molecule has 0 atom stereocenters. The van der Waals surface area contributed by atoms with E-state index in [1.807, 2.05) is 0 Å². The third kappa shape index (κ3) is 3.52. The van der Waals surface area contributed by atoms with E-state index in [-0.39, 0.29) is 22.8 Å². The minimum Gasteiger partial charge on any atom is -0.504 e. The summed E-state index contributed by atoms with van der Waals surface area (Å²) in [5.74, 6) is -1.13. The maximum Gasteiger partial charge on any atom is 0.335 e. The predicted octanol–water partition coefficient (Wildman–Crippen LogP) is 3.00. The summed E-state index contributed by atoms with van der Waals surface area (Å²) in [5.41, 5.74) is 1.13. The van der Waals surface area contributed by atoms with E-state index in [1.165, 1.54) is 49.6 Å². The number of ether oxygens (including phenoxy) is 1. The normalized spacial score (nSPS) is 10.6. The van der Waals surface area contributed by atoms with Gasteiger partial charge in [-0.05, 0) is 42.0 Å². The molecule has 112 valence electrons. The number of carboxylic acids is 1. The number of benzene rings is 2. The highest BCUT2D eigenvalue weighted by atomic mass is 16.5. The van der Waals surface area contributed by atoms with Crippen molar-refractivity contribution in [1.29, 1.82) is 0 Å². The first-order chi connectivity index (χ1) is 10.5. The van der Waals surface area contributed by atoms with E-state index in [0.29, 0.717) is 11.1 Å². The molecule has 22 heavy (non-hydrogen) atoms. The average Bonchev–Trinajstić information content (AvgIpc) is 2.53. The second-order valence-corrected chi connectivity index (χ2v) is 4.51. The first kappa shape index (κ1) is 15.3.